The second-order valence-corrected chi connectivity index (χ2v) is 7.36. The Hall–Kier alpha value is -4.05. The lowest BCUT2D eigenvalue weighted by molar-refractivity contribution is -0.384. The first-order valence-corrected chi connectivity index (χ1v) is 9.64. The number of hydrogen-bond acceptors (Lipinski definition) is 6. The van der Waals surface area contributed by atoms with Gasteiger partial charge in [0.05, 0.1) is 10.6 Å². The average molecular weight is 482 g/mol. The molecule has 0 bridgehead atoms. The van der Waals surface area contributed by atoms with E-state index in [1.165, 1.54) is 30.3 Å². The van der Waals surface area contributed by atoms with Crippen LogP contribution in [0.15, 0.2) is 75.1 Å². The molecule has 0 aliphatic carbocycles. The standard InChI is InChI=1S/C21H12BrN3O6/c22-13-4-2-5-14(10-13)24-20(27)17(19(26)23-21(24)28)11-16-7-8-18(31-16)12-3-1-6-15(9-12)25(29)30/h1-11H,(H,23,26,28). The minimum Gasteiger partial charge on any atom is -0.457 e. The quantitative estimate of drug-likeness (QED) is 0.256. The van der Waals surface area contributed by atoms with Crippen molar-refractivity contribution < 1.29 is 23.7 Å². The fraction of sp³-hybridized carbons (Fsp3) is 0. The molecule has 154 valence electrons. The number of nitrogens with zero attached hydrogens (tertiary/aromatic N) is 2. The van der Waals surface area contributed by atoms with Crippen molar-refractivity contribution in [2.75, 3.05) is 4.90 Å². The van der Waals surface area contributed by atoms with Crippen LogP contribution >= 0.6 is 15.9 Å². The van der Waals surface area contributed by atoms with E-state index in [9.17, 15) is 24.5 Å². The monoisotopic (exact) mass is 481 g/mol. The highest BCUT2D eigenvalue weighted by Gasteiger charge is 2.37. The highest BCUT2D eigenvalue weighted by molar-refractivity contribution is 9.10. The fourth-order valence-electron chi connectivity index (χ4n) is 3.01. The van der Waals surface area contributed by atoms with E-state index < -0.39 is 22.8 Å². The van der Waals surface area contributed by atoms with Crippen molar-refractivity contribution in [3.8, 4) is 11.3 Å². The number of non-ortho nitro benzene ring substituents is 1. The molecule has 4 rings (SSSR count). The van der Waals surface area contributed by atoms with Crippen LogP contribution in [0.1, 0.15) is 5.76 Å². The van der Waals surface area contributed by atoms with E-state index in [0.717, 1.165) is 4.90 Å². The Morgan fingerprint density at radius 2 is 1.81 bits per heavy atom. The normalized spacial score (nSPS) is 15.3. The third-order valence-corrected chi connectivity index (χ3v) is 4.92. The number of furan rings is 1. The van der Waals surface area contributed by atoms with E-state index in [2.05, 4.69) is 21.2 Å². The molecule has 0 unspecified atom stereocenters. The number of nitro groups is 1. The third-order valence-electron chi connectivity index (χ3n) is 4.42. The summed E-state index contributed by atoms with van der Waals surface area (Å²) in [6.07, 6.45) is 1.22. The van der Waals surface area contributed by atoms with Crippen molar-refractivity contribution >= 4 is 51.2 Å². The van der Waals surface area contributed by atoms with Gasteiger partial charge < -0.3 is 4.42 Å². The zero-order valence-electron chi connectivity index (χ0n) is 15.6. The molecule has 1 aliphatic rings. The number of benzene rings is 2. The number of nitrogens with one attached hydrogen (secondary N) is 1. The zero-order chi connectivity index (χ0) is 22.1. The van der Waals surface area contributed by atoms with Gasteiger partial charge in [-0.3, -0.25) is 25.0 Å². The molecule has 3 aromatic rings. The molecule has 0 radical (unpaired) electrons. The Morgan fingerprint density at radius 1 is 1.03 bits per heavy atom. The van der Waals surface area contributed by atoms with E-state index in [0.29, 0.717) is 15.8 Å². The smallest absolute Gasteiger partial charge is 0.335 e. The molecular weight excluding hydrogens is 470 g/mol. The van der Waals surface area contributed by atoms with Crippen LogP contribution in [-0.2, 0) is 9.59 Å². The number of urea groups is 1. The number of nitro benzene ring substituents is 1. The van der Waals surface area contributed by atoms with Gasteiger partial charge in [-0.15, -0.1) is 0 Å². The molecule has 1 aliphatic heterocycles. The number of hydrogen-bond donors (Lipinski definition) is 1. The summed E-state index contributed by atoms with van der Waals surface area (Å²) in [6.45, 7) is 0. The van der Waals surface area contributed by atoms with Crippen molar-refractivity contribution in [3.63, 3.8) is 0 Å². The van der Waals surface area contributed by atoms with Crippen molar-refractivity contribution in [1.82, 2.24) is 5.32 Å². The van der Waals surface area contributed by atoms with Crippen molar-refractivity contribution in [2.45, 2.75) is 0 Å². The van der Waals surface area contributed by atoms with Gasteiger partial charge in [0.1, 0.15) is 17.1 Å². The Labute approximate surface area is 183 Å². The number of anilines is 1. The second-order valence-electron chi connectivity index (χ2n) is 6.45. The fourth-order valence-corrected chi connectivity index (χ4v) is 3.39. The van der Waals surface area contributed by atoms with Crippen molar-refractivity contribution in [1.29, 1.82) is 0 Å². The van der Waals surface area contributed by atoms with E-state index in [4.69, 9.17) is 4.42 Å². The first-order chi connectivity index (χ1) is 14.8. The van der Waals surface area contributed by atoms with E-state index in [-0.39, 0.29) is 22.7 Å². The summed E-state index contributed by atoms with van der Waals surface area (Å²) in [6, 6.07) is 14.6. The SMILES string of the molecule is O=C1NC(=O)N(c2cccc(Br)c2)C(=O)C1=Cc1ccc(-c2cccc([N+](=O)[O-])c2)o1. The van der Waals surface area contributed by atoms with Gasteiger partial charge in [0.25, 0.3) is 17.5 Å². The molecule has 9 nitrogen and oxygen atoms in total. The molecule has 0 spiro atoms. The molecule has 1 aromatic heterocycles. The molecule has 1 N–H and O–H groups in total. The Kier molecular flexibility index (Phi) is 5.22. The largest absolute Gasteiger partial charge is 0.457 e. The summed E-state index contributed by atoms with van der Waals surface area (Å²) in [7, 11) is 0. The Bertz CT molecular complexity index is 1280. The molecule has 10 heteroatoms. The van der Waals surface area contributed by atoms with Crippen LogP contribution in [0.5, 0.6) is 0 Å². The van der Waals surface area contributed by atoms with Gasteiger partial charge in [-0.05, 0) is 36.4 Å². The minimum atomic E-state index is -0.859. The van der Waals surface area contributed by atoms with E-state index in [1.54, 1.807) is 36.4 Å². The minimum absolute atomic E-state index is 0.0983. The number of carbonyl (C=O) groups excluding carboxylic acids is 3. The molecular formula is C21H12BrN3O6. The maximum absolute atomic E-state index is 12.9. The molecule has 4 amide bonds. The number of rotatable bonds is 4. The maximum atomic E-state index is 12.9. The highest BCUT2D eigenvalue weighted by atomic mass is 79.9. The van der Waals surface area contributed by atoms with Crippen LogP contribution in [0.25, 0.3) is 17.4 Å². The van der Waals surface area contributed by atoms with E-state index in [1.807, 2.05) is 0 Å². The summed E-state index contributed by atoms with van der Waals surface area (Å²) in [5, 5.41) is 13.1. The molecule has 2 aromatic carbocycles. The van der Waals surface area contributed by atoms with Gasteiger partial charge in [-0.1, -0.05) is 34.1 Å². The first-order valence-electron chi connectivity index (χ1n) is 8.85. The zero-order valence-corrected chi connectivity index (χ0v) is 17.2. The predicted octanol–water partition coefficient (Wildman–Crippen LogP) is 4.28. The van der Waals surface area contributed by atoms with Gasteiger partial charge in [-0.2, -0.15) is 0 Å². The van der Waals surface area contributed by atoms with Crippen molar-refractivity contribution in [2.24, 2.45) is 0 Å². The molecule has 1 fully saturated rings. The van der Waals surface area contributed by atoms with Gasteiger partial charge >= 0.3 is 6.03 Å². The lowest BCUT2D eigenvalue weighted by atomic mass is 10.1. The molecule has 0 atom stereocenters. The third kappa shape index (κ3) is 4.01. The lowest BCUT2D eigenvalue weighted by Gasteiger charge is -2.26. The van der Waals surface area contributed by atoms with Crippen LogP contribution in [0.4, 0.5) is 16.2 Å². The van der Waals surface area contributed by atoms with Crippen LogP contribution in [0.2, 0.25) is 0 Å². The first kappa shape index (κ1) is 20.2. The molecule has 0 saturated carbocycles. The van der Waals surface area contributed by atoms with Crippen LogP contribution in [0.3, 0.4) is 0 Å². The van der Waals surface area contributed by atoms with Gasteiger partial charge in [-0.25, -0.2) is 9.69 Å². The van der Waals surface area contributed by atoms with Crippen LogP contribution in [0, 0.1) is 10.1 Å². The second kappa shape index (κ2) is 8.00. The molecule has 1 saturated heterocycles. The van der Waals surface area contributed by atoms with Crippen LogP contribution in [-0.4, -0.2) is 22.8 Å². The Balaban J connectivity index is 1.67. The average Bonchev–Trinajstić information content (AvgIpc) is 3.20. The predicted molar refractivity (Wildman–Crippen MR) is 114 cm³/mol. The van der Waals surface area contributed by atoms with Crippen molar-refractivity contribution in [3.05, 3.63) is 86.6 Å². The summed E-state index contributed by atoms with van der Waals surface area (Å²) < 4.78 is 6.30. The van der Waals surface area contributed by atoms with Gasteiger partial charge in [0, 0.05) is 22.2 Å². The summed E-state index contributed by atoms with van der Waals surface area (Å²) in [5.41, 5.74) is 0.356. The van der Waals surface area contributed by atoms with Gasteiger partial charge in [0.2, 0.25) is 0 Å². The molecule has 31 heavy (non-hydrogen) atoms. The maximum Gasteiger partial charge on any atom is 0.335 e. The van der Waals surface area contributed by atoms with Gasteiger partial charge in [0.15, 0.2) is 0 Å². The Morgan fingerprint density at radius 3 is 2.55 bits per heavy atom. The van der Waals surface area contributed by atoms with E-state index >= 15 is 0 Å². The number of imide groups is 2. The topological polar surface area (TPSA) is 123 Å². The summed E-state index contributed by atoms with van der Waals surface area (Å²) >= 11 is 3.28. The highest BCUT2D eigenvalue weighted by Crippen LogP contribution is 2.28. The lowest BCUT2D eigenvalue weighted by Crippen LogP contribution is -2.54. The number of barbiturate groups is 1. The number of carbonyl (C=O) groups is 3. The number of amides is 4. The van der Waals surface area contributed by atoms with Crippen LogP contribution < -0.4 is 10.2 Å². The molecule has 2 heterocycles. The summed E-state index contributed by atoms with van der Waals surface area (Å²) in [4.78, 5) is 48.7. The number of halogens is 1. The summed E-state index contributed by atoms with van der Waals surface area (Å²) in [5.74, 6) is -1.17.